The summed E-state index contributed by atoms with van der Waals surface area (Å²) in [7, 11) is -3.88. The largest absolute Gasteiger partial charge is 0.339 e. The van der Waals surface area contributed by atoms with Crippen LogP contribution in [0.5, 0.6) is 0 Å². The van der Waals surface area contributed by atoms with E-state index in [1.54, 1.807) is 35.3 Å². The van der Waals surface area contributed by atoms with Crippen LogP contribution in [0.25, 0.3) is 0 Å². The first-order valence-corrected chi connectivity index (χ1v) is 15.0. The Morgan fingerprint density at radius 1 is 1.11 bits per heavy atom. The van der Waals surface area contributed by atoms with E-state index in [0.29, 0.717) is 6.54 Å². The zero-order valence-electron chi connectivity index (χ0n) is 20.1. The van der Waals surface area contributed by atoms with Crippen molar-refractivity contribution in [1.82, 2.24) is 14.1 Å². The number of hydrogen-bond donors (Lipinski definition) is 0. The number of carbonyl (C=O) groups is 1. The Hall–Kier alpha value is -2.01. The van der Waals surface area contributed by atoms with Gasteiger partial charge in [0.05, 0.1) is 17.6 Å². The molecule has 0 N–H and O–H groups in total. The smallest absolute Gasteiger partial charge is 0.244 e. The minimum Gasteiger partial charge on any atom is -0.339 e. The Balaban J connectivity index is 1.32. The second-order valence-electron chi connectivity index (χ2n) is 9.36. The fourth-order valence-corrected chi connectivity index (χ4v) is 8.46. The van der Waals surface area contributed by atoms with E-state index >= 15 is 0 Å². The molecule has 2 aromatic carbocycles. The van der Waals surface area contributed by atoms with Crippen LogP contribution < -0.4 is 0 Å². The molecule has 0 radical (unpaired) electrons. The van der Waals surface area contributed by atoms with Crippen molar-refractivity contribution in [2.24, 2.45) is 0 Å². The molecule has 1 fully saturated rings. The Kier molecular flexibility index (Phi) is 7.64. The van der Waals surface area contributed by atoms with Gasteiger partial charge < -0.3 is 4.90 Å². The van der Waals surface area contributed by atoms with Gasteiger partial charge in [0, 0.05) is 42.1 Å². The number of sulfonamides is 1. The molecule has 2 aliphatic heterocycles. The molecule has 37 heavy (non-hydrogen) atoms. The molecule has 1 saturated heterocycles. The van der Waals surface area contributed by atoms with Gasteiger partial charge in [0.25, 0.3) is 0 Å². The first-order valence-electron chi connectivity index (χ1n) is 12.0. The fourth-order valence-electron chi connectivity index (χ4n) is 5.21. The van der Waals surface area contributed by atoms with E-state index in [2.05, 4.69) is 11.0 Å². The van der Waals surface area contributed by atoms with Gasteiger partial charge >= 0.3 is 0 Å². The number of nitrogens with zero attached hydrogens (tertiary/aromatic N) is 3. The Labute approximate surface area is 230 Å². The van der Waals surface area contributed by atoms with Crippen molar-refractivity contribution in [2.75, 3.05) is 32.7 Å². The average molecular weight is 583 g/mol. The summed E-state index contributed by atoms with van der Waals surface area (Å²) in [5.41, 5.74) is 1.92. The van der Waals surface area contributed by atoms with E-state index in [4.69, 9.17) is 23.2 Å². The van der Waals surface area contributed by atoms with E-state index in [1.807, 2.05) is 11.4 Å². The van der Waals surface area contributed by atoms with Crippen molar-refractivity contribution in [1.29, 1.82) is 0 Å². The Morgan fingerprint density at radius 2 is 1.92 bits per heavy atom. The second kappa shape index (κ2) is 10.6. The summed E-state index contributed by atoms with van der Waals surface area (Å²) >= 11 is 13.9. The molecule has 1 aromatic heterocycles. The van der Waals surface area contributed by atoms with Gasteiger partial charge in [-0.1, -0.05) is 35.3 Å². The molecular weight excluding hydrogens is 556 g/mol. The second-order valence-corrected chi connectivity index (χ2v) is 13.1. The maximum atomic E-state index is 14.1. The van der Waals surface area contributed by atoms with Crippen molar-refractivity contribution in [3.63, 3.8) is 0 Å². The van der Waals surface area contributed by atoms with Crippen LogP contribution in [0.1, 0.15) is 29.0 Å². The van der Waals surface area contributed by atoms with Gasteiger partial charge in [-0.15, -0.1) is 11.3 Å². The maximum absolute atomic E-state index is 14.1. The van der Waals surface area contributed by atoms with E-state index < -0.39 is 16.1 Å². The molecule has 3 aromatic rings. The van der Waals surface area contributed by atoms with Gasteiger partial charge in [0.15, 0.2) is 0 Å². The number of amides is 1. The molecule has 2 aliphatic rings. The summed E-state index contributed by atoms with van der Waals surface area (Å²) in [5, 5.41) is 2.43. The molecule has 0 unspecified atom stereocenters. The zero-order valence-corrected chi connectivity index (χ0v) is 23.3. The lowest BCUT2D eigenvalue weighted by Gasteiger charge is -2.41. The molecule has 0 bridgehead atoms. The van der Waals surface area contributed by atoms with Gasteiger partial charge in [0.1, 0.15) is 10.7 Å². The third kappa shape index (κ3) is 5.30. The fraction of sp³-hybridized carbons (Fsp3) is 0.346. The first kappa shape index (κ1) is 26.6. The third-order valence-electron chi connectivity index (χ3n) is 6.97. The topological polar surface area (TPSA) is 60.9 Å². The highest BCUT2D eigenvalue weighted by molar-refractivity contribution is 7.89. The number of carbonyl (C=O) groups excluding carboxylic acids is 1. The Bertz CT molecular complexity index is 1430. The van der Waals surface area contributed by atoms with Gasteiger partial charge in [-0.2, -0.15) is 4.31 Å². The molecule has 3 heterocycles. The van der Waals surface area contributed by atoms with E-state index in [-0.39, 0.29) is 58.9 Å². The molecule has 6 nitrogen and oxygen atoms in total. The van der Waals surface area contributed by atoms with Crippen LogP contribution in [0.3, 0.4) is 0 Å². The van der Waals surface area contributed by atoms with Crippen molar-refractivity contribution in [3.8, 4) is 0 Å². The highest BCUT2D eigenvalue weighted by Gasteiger charge is 2.38. The summed E-state index contributed by atoms with van der Waals surface area (Å²) in [6, 6.07) is 12.3. The lowest BCUT2D eigenvalue weighted by atomic mass is 9.93. The van der Waals surface area contributed by atoms with Crippen LogP contribution in [0.15, 0.2) is 58.8 Å². The number of thiophene rings is 1. The lowest BCUT2D eigenvalue weighted by Crippen LogP contribution is -2.57. The maximum Gasteiger partial charge on any atom is 0.244 e. The van der Waals surface area contributed by atoms with Crippen LogP contribution in [0.2, 0.25) is 10.0 Å². The van der Waals surface area contributed by atoms with Gasteiger partial charge in [-0.05, 0) is 66.2 Å². The molecule has 1 amide bonds. The van der Waals surface area contributed by atoms with Crippen molar-refractivity contribution >= 4 is 50.5 Å². The van der Waals surface area contributed by atoms with Crippen molar-refractivity contribution < 1.29 is 17.6 Å². The predicted octanol–water partition coefficient (Wildman–Crippen LogP) is 5.06. The molecule has 196 valence electrons. The number of rotatable bonds is 5. The van der Waals surface area contributed by atoms with Crippen LogP contribution >= 0.6 is 34.5 Å². The summed E-state index contributed by atoms with van der Waals surface area (Å²) in [5.74, 6) is -0.387. The minimum atomic E-state index is -3.88. The minimum absolute atomic E-state index is 0.0360. The molecule has 0 saturated carbocycles. The molecule has 2 atom stereocenters. The monoisotopic (exact) mass is 581 g/mol. The van der Waals surface area contributed by atoms with E-state index in [0.717, 1.165) is 17.5 Å². The zero-order chi connectivity index (χ0) is 26.3. The highest BCUT2D eigenvalue weighted by atomic mass is 35.5. The average Bonchev–Trinajstić information content (AvgIpc) is 3.34. The van der Waals surface area contributed by atoms with Gasteiger partial charge in [-0.3, -0.25) is 9.69 Å². The molecule has 0 aliphatic carbocycles. The van der Waals surface area contributed by atoms with Crippen molar-refractivity contribution in [2.45, 2.75) is 30.3 Å². The number of halogens is 3. The summed E-state index contributed by atoms with van der Waals surface area (Å²) in [4.78, 5) is 18.5. The molecule has 11 heteroatoms. The number of piperazine rings is 1. The molecule has 5 rings (SSSR count). The van der Waals surface area contributed by atoms with Crippen LogP contribution in [0.4, 0.5) is 4.39 Å². The van der Waals surface area contributed by atoms with Gasteiger partial charge in [-0.25, -0.2) is 12.8 Å². The first-order chi connectivity index (χ1) is 17.6. The quantitative estimate of drug-likeness (QED) is 0.422. The van der Waals surface area contributed by atoms with Crippen LogP contribution in [-0.4, -0.2) is 67.2 Å². The Morgan fingerprint density at radius 3 is 2.68 bits per heavy atom. The normalized spacial score (nSPS) is 21.1. The van der Waals surface area contributed by atoms with Crippen molar-refractivity contribution in [3.05, 3.63) is 85.8 Å². The summed E-state index contributed by atoms with van der Waals surface area (Å²) in [6.07, 6.45) is 0.828. The molecular formula is C26H26Cl2FN3O3S2. The standard InChI is InChI=1S/C26H26Cl2FN3O3S2/c1-17-15-30(10-11-32(17)37(34,35)24-14-19(27)5-6-22(24)28)25(33)16-31-9-7-23-21(8-12-36-23)26(31)18-3-2-4-20(29)13-18/h2-6,8,12-14,17,26H,7,9-11,15-16H2,1H3/t17-,26-/m0/s1. The molecule has 0 spiro atoms. The predicted molar refractivity (Wildman–Crippen MR) is 144 cm³/mol. The van der Waals surface area contributed by atoms with Gasteiger partial charge in [0.2, 0.25) is 15.9 Å². The van der Waals surface area contributed by atoms with E-state index in [9.17, 15) is 17.6 Å². The highest BCUT2D eigenvalue weighted by Crippen LogP contribution is 2.38. The van der Waals surface area contributed by atoms with Crippen LogP contribution in [0, 0.1) is 5.82 Å². The SMILES string of the molecule is C[C@H]1CN(C(=O)CN2CCc3sccc3[C@@H]2c2cccc(F)c2)CCN1S(=O)(=O)c1cc(Cl)ccc1Cl. The summed E-state index contributed by atoms with van der Waals surface area (Å²) < 4.78 is 42.1. The third-order valence-corrected chi connectivity index (χ3v) is 10.7. The lowest BCUT2D eigenvalue weighted by molar-refractivity contribution is -0.135. The van der Waals surface area contributed by atoms with E-state index in [1.165, 1.54) is 33.4 Å². The number of fused-ring (bicyclic) bond motifs is 1. The number of benzene rings is 2. The number of hydrogen-bond acceptors (Lipinski definition) is 5. The van der Waals surface area contributed by atoms with Crippen LogP contribution in [-0.2, 0) is 21.2 Å². The summed E-state index contributed by atoms with van der Waals surface area (Å²) in [6.45, 7) is 3.30.